The highest BCUT2D eigenvalue weighted by Gasteiger charge is 2.53. The third-order valence-corrected chi connectivity index (χ3v) is 10.3. The number of hydrogen-bond acceptors (Lipinski definition) is 2. The van der Waals surface area contributed by atoms with Gasteiger partial charge in [0.1, 0.15) is 0 Å². The summed E-state index contributed by atoms with van der Waals surface area (Å²) in [4.78, 5) is 11.7. The zero-order valence-corrected chi connectivity index (χ0v) is 12.5. The highest BCUT2D eigenvalue weighted by Crippen LogP contribution is 2.52. The van der Waals surface area contributed by atoms with E-state index in [1.54, 1.807) is 6.08 Å². The van der Waals surface area contributed by atoms with E-state index in [1.165, 1.54) is 0 Å². The maximum absolute atomic E-state index is 11.7. The van der Waals surface area contributed by atoms with E-state index >= 15 is 0 Å². The van der Waals surface area contributed by atoms with E-state index < -0.39 is 8.07 Å². The van der Waals surface area contributed by atoms with Crippen LogP contribution in [-0.4, -0.2) is 18.2 Å². The smallest absolute Gasteiger partial charge is 0.157 e. The predicted octanol–water partition coefficient (Wildman–Crippen LogP) is 3.87. The molecule has 86 valence electrons. The van der Waals surface area contributed by atoms with Gasteiger partial charge in [-0.05, 0) is 16.9 Å². The highest BCUT2D eigenvalue weighted by atomic mass is 32.2. The lowest BCUT2D eigenvalue weighted by molar-refractivity contribution is -0.115. The van der Waals surface area contributed by atoms with Crippen LogP contribution >= 0.6 is 11.8 Å². The lowest BCUT2D eigenvalue weighted by Crippen LogP contribution is -2.59. The quantitative estimate of drug-likeness (QED) is 0.649. The summed E-state index contributed by atoms with van der Waals surface area (Å²) in [6.45, 7) is 13.9. The first kappa shape index (κ1) is 13.0. The van der Waals surface area contributed by atoms with Gasteiger partial charge in [0.25, 0.3) is 0 Å². The van der Waals surface area contributed by atoms with Crippen LogP contribution in [-0.2, 0) is 4.79 Å². The second-order valence-corrected chi connectivity index (χ2v) is 13.3. The Morgan fingerprint density at radius 2 is 1.87 bits per heavy atom. The molecule has 1 atom stereocenters. The first-order valence-corrected chi connectivity index (χ1v) is 9.85. The van der Waals surface area contributed by atoms with Crippen molar-refractivity contribution in [2.24, 2.45) is 5.41 Å². The van der Waals surface area contributed by atoms with Crippen molar-refractivity contribution < 1.29 is 4.79 Å². The zero-order valence-electron chi connectivity index (χ0n) is 10.7. The molecule has 0 bridgehead atoms. The molecule has 0 N–H and O–H groups in total. The number of hydrogen-bond donors (Lipinski definition) is 0. The Hall–Kier alpha value is -0.0231. The Labute approximate surface area is 98.7 Å². The minimum atomic E-state index is -1.39. The average molecular weight is 242 g/mol. The van der Waals surface area contributed by atoms with Gasteiger partial charge in [-0.15, -0.1) is 11.8 Å². The fraction of sp³-hybridized carbons (Fsp3) is 0.750. The molecule has 15 heavy (non-hydrogen) atoms. The molecular formula is C12H22OSSi. The molecule has 0 saturated heterocycles. The number of thioether (sulfide) groups is 1. The summed E-state index contributed by atoms with van der Waals surface area (Å²) in [7, 11) is -1.39. The molecule has 1 unspecified atom stereocenters. The molecule has 0 saturated carbocycles. The fourth-order valence-electron chi connectivity index (χ4n) is 2.58. The molecule has 1 nitrogen and oxygen atoms in total. The molecule has 0 aromatic carbocycles. The van der Waals surface area contributed by atoms with Crippen molar-refractivity contribution in [3.05, 3.63) is 11.5 Å². The van der Waals surface area contributed by atoms with E-state index in [-0.39, 0.29) is 9.79 Å². The first-order chi connectivity index (χ1) is 6.60. The number of ketones is 1. The molecule has 1 aliphatic rings. The molecule has 0 aromatic rings. The van der Waals surface area contributed by atoms with Crippen molar-refractivity contribution >= 4 is 25.6 Å². The van der Waals surface area contributed by atoms with Crippen molar-refractivity contribution in [3.63, 3.8) is 0 Å². The summed E-state index contributed by atoms with van der Waals surface area (Å²) >= 11 is 1.89. The van der Waals surface area contributed by atoms with E-state index in [1.807, 2.05) is 17.2 Å². The van der Waals surface area contributed by atoms with Crippen LogP contribution in [0.1, 0.15) is 27.2 Å². The molecule has 0 spiro atoms. The topological polar surface area (TPSA) is 17.1 Å². The highest BCUT2D eigenvalue weighted by molar-refractivity contribution is 8.05. The van der Waals surface area contributed by atoms with Crippen molar-refractivity contribution in [1.29, 1.82) is 0 Å². The van der Waals surface area contributed by atoms with Crippen molar-refractivity contribution in [3.8, 4) is 0 Å². The lowest BCUT2D eigenvalue weighted by atomic mass is 9.87. The molecule has 3 heteroatoms. The minimum Gasteiger partial charge on any atom is -0.295 e. The summed E-state index contributed by atoms with van der Waals surface area (Å²) in [5.74, 6) is 0.297. The summed E-state index contributed by atoms with van der Waals surface area (Å²) < 4.78 is 0.145. The van der Waals surface area contributed by atoms with Gasteiger partial charge in [-0.25, -0.2) is 0 Å². The van der Waals surface area contributed by atoms with Crippen LogP contribution in [0.15, 0.2) is 11.5 Å². The molecule has 0 radical (unpaired) electrons. The summed E-state index contributed by atoms with van der Waals surface area (Å²) in [6, 6.07) is 0. The van der Waals surface area contributed by atoms with Crippen LogP contribution in [0.25, 0.3) is 0 Å². The van der Waals surface area contributed by atoms with Gasteiger partial charge < -0.3 is 0 Å². The van der Waals surface area contributed by atoms with Crippen LogP contribution in [0.3, 0.4) is 0 Å². The Balaban J connectivity index is 3.21. The number of carbonyl (C=O) groups excluding carboxylic acids is 1. The molecule has 0 aromatic heterocycles. The maximum atomic E-state index is 11.7. The van der Waals surface area contributed by atoms with E-state index in [0.717, 1.165) is 0 Å². The SMILES string of the molecule is CC(C)(C)C1([Si](C)(C)C)CC(=O)C=CS1. The second-order valence-electron chi connectivity index (χ2n) is 6.39. The van der Waals surface area contributed by atoms with Gasteiger partial charge in [-0.1, -0.05) is 40.4 Å². The van der Waals surface area contributed by atoms with Gasteiger partial charge in [0.15, 0.2) is 5.78 Å². The van der Waals surface area contributed by atoms with Crippen molar-refractivity contribution in [2.45, 2.75) is 51.2 Å². The monoisotopic (exact) mass is 242 g/mol. The second kappa shape index (κ2) is 3.77. The van der Waals surface area contributed by atoms with E-state index in [0.29, 0.717) is 12.2 Å². The molecule has 0 fully saturated rings. The van der Waals surface area contributed by atoms with Crippen molar-refractivity contribution in [1.82, 2.24) is 0 Å². The summed E-state index contributed by atoms with van der Waals surface area (Å²) in [5, 5.41) is 2.01. The maximum Gasteiger partial charge on any atom is 0.157 e. The van der Waals surface area contributed by atoms with Gasteiger partial charge in [-0.2, -0.15) is 0 Å². The molecular weight excluding hydrogens is 220 g/mol. The summed E-state index contributed by atoms with van der Waals surface area (Å²) in [6.07, 6.45) is 2.45. The van der Waals surface area contributed by atoms with Gasteiger partial charge in [-0.3, -0.25) is 4.79 Å². The molecule has 1 rings (SSSR count). The Morgan fingerprint density at radius 1 is 1.33 bits per heavy atom. The number of carbonyl (C=O) groups is 1. The van der Waals surface area contributed by atoms with Crippen LogP contribution in [0, 0.1) is 5.41 Å². The molecule has 1 aliphatic heterocycles. The third-order valence-electron chi connectivity index (χ3n) is 3.37. The van der Waals surface area contributed by atoms with Crippen LogP contribution < -0.4 is 0 Å². The van der Waals surface area contributed by atoms with Gasteiger partial charge >= 0.3 is 0 Å². The van der Waals surface area contributed by atoms with Gasteiger partial charge in [0.2, 0.25) is 0 Å². The Kier molecular flexibility index (Phi) is 3.28. The predicted molar refractivity (Wildman–Crippen MR) is 71.9 cm³/mol. The fourth-order valence-corrected chi connectivity index (χ4v) is 8.19. The van der Waals surface area contributed by atoms with E-state index in [4.69, 9.17) is 0 Å². The van der Waals surface area contributed by atoms with Crippen LogP contribution in [0.5, 0.6) is 0 Å². The molecule has 0 amide bonds. The van der Waals surface area contributed by atoms with Crippen LogP contribution in [0.4, 0.5) is 0 Å². The van der Waals surface area contributed by atoms with Crippen molar-refractivity contribution in [2.75, 3.05) is 0 Å². The largest absolute Gasteiger partial charge is 0.295 e. The standard InChI is InChI=1S/C12H22OSSi/c1-11(2,3)12(15(4,5)6)9-10(13)7-8-14-12/h7-8H,9H2,1-6H3. The van der Waals surface area contributed by atoms with E-state index in [2.05, 4.69) is 40.4 Å². The molecule has 1 heterocycles. The zero-order chi connectivity index (χ0) is 11.9. The Morgan fingerprint density at radius 3 is 2.13 bits per heavy atom. The number of allylic oxidation sites excluding steroid dienone is 1. The normalized spacial score (nSPS) is 28.3. The van der Waals surface area contributed by atoms with E-state index in [9.17, 15) is 4.79 Å². The minimum absolute atomic E-state index is 0.145. The number of rotatable bonds is 1. The lowest BCUT2D eigenvalue weighted by Gasteiger charge is -2.52. The summed E-state index contributed by atoms with van der Waals surface area (Å²) in [5.41, 5.74) is 0.183. The first-order valence-electron chi connectivity index (χ1n) is 5.47. The van der Waals surface area contributed by atoms with Gasteiger partial charge in [0, 0.05) is 10.8 Å². The average Bonchev–Trinajstić information content (AvgIpc) is 1.99. The molecule has 0 aliphatic carbocycles. The third kappa shape index (κ3) is 2.23. The van der Waals surface area contributed by atoms with Crippen LogP contribution in [0.2, 0.25) is 19.6 Å². The van der Waals surface area contributed by atoms with Gasteiger partial charge in [0.05, 0.1) is 8.07 Å². The Bertz CT molecular complexity index is 280.